The lowest BCUT2D eigenvalue weighted by Gasteiger charge is -2.22. The second-order valence-corrected chi connectivity index (χ2v) is 5.83. The van der Waals surface area contributed by atoms with Crippen LogP contribution in [0.3, 0.4) is 0 Å². The van der Waals surface area contributed by atoms with Gasteiger partial charge in [-0.15, -0.1) is 0 Å². The Morgan fingerprint density at radius 1 is 1.15 bits per heavy atom. The van der Waals surface area contributed by atoms with E-state index in [1.165, 1.54) is 4.90 Å². The van der Waals surface area contributed by atoms with E-state index in [0.717, 1.165) is 25.7 Å². The molecule has 1 aromatic carbocycles. The van der Waals surface area contributed by atoms with Crippen LogP contribution in [0.4, 0.5) is 5.69 Å². The van der Waals surface area contributed by atoms with E-state index in [-0.39, 0.29) is 24.3 Å². The average Bonchev–Trinajstić information content (AvgIpc) is 3.02. The maximum absolute atomic E-state index is 12.4. The van der Waals surface area contributed by atoms with Crippen molar-refractivity contribution in [3.05, 3.63) is 29.3 Å². The van der Waals surface area contributed by atoms with Crippen molar-refractivity contribution in [3.63, 3.8) is 0 Å². The molecule has 1 aliphatic heterocycles. The van der Waals surface area contributed by atoms with Gasteiger partial charge in [0.25, 0.3) is 5.91 Å². The van der Waals surface area contributed by atoms with E-state index in [1.807, 2.05) is 18.2 Å². The van der Waals surface area contributed by atoms with Gasteiger partial charge in [-0.05, 0) is 25.0 Å². The Hall–Kier alpha value is -1.55. The van der Waals surface area contributed by atoms with Gasteiger partial charge in [-0.1, -0.05) is 36.6 Å². The summed E-state index contributed by atoms with van der Waals surface area (Å²) in [7, 11) is 0. The van der Waals surface area contributed by atoms with Crippen LogP contribution in [0, 0.1) is 0 Å². The van der Waals surface area contributed by atoms with Gasteiger partial charge in [0.2, 0.25) is 5.91 Å². The maximum Gasteiger partial charge on any atom is 0.252 e. The molecule has 0 bridgehead atoms. The molecule has 3 rings (SSSR count). The topological polar surface area (TPSA) is 49.4 Å². The van der Waals surface area contributed by atoms with Crippen molar-refractivity contribution in [1.82, 2.24) is 4.90 Å². The fourth-order valence-electron chi connectivity index (χ4n) is 3.08. The van der Waals surface area contributed by atoms with Crippen molar-refractivity contribution in [2.24, 2.45) is 0 Å². The van der Waals surface area contributed by atoms with Gasteiger partial charge in [-0.3, -0.25) is 14.5 Å². The molecule has 1 atom stereocenters. The number of benzene rings is 1. The lowest BCUT2D eigenvalue weighted by molar-refractivity contribution is -0.141. The minimum absolute atomic E-state index is 0.0635. The first-order chi connectivity index (χ1) is 9.66. The molecule has 0 spiro atoms. The molecule has 5 heteroatoms. The third kappa shape index (κ3) is 2.40. The quantitative estimate of drug-likeness (QED) is 0.872. The van der Waals surface area contributed by atoms with E-state index in [4.69, 9.17) is 11.6 Å². The minimum atomic E-state index is -0.483. The molecule has 0 aromatic heterocycles. The van der Waals surface area contributed by atoms with E-state index >= 15 is 0 Å². The van der Waals surface area contributed by atoms with Crippen LogP contribution in [-0.2, 0) is 9.59 Å². The Morgan fingerprint density at radius 3 is 2.55 bits per heavy atom. The third-order valence-corrected chi connectivity index (χ3v) is 4.41. The number of halogens is 1. The molecule has 106 valence electrons. The van der Waals surface area contributed by atoms with Crippen molar-refractivity contribution < 1.29 is 9.59 Å². The molecule has 1 aromatic rings. The fraction of sp³-hybridized carbons (Fsp3) is 0.467. The van der Waals surface area contributed by atoms with Gasteiger partial charge in [-0.2, -0.15) is 0 Å². The van der Waals surface area contributed by atoms with Crippen LogP contribution in [0.2, 0.25) is 5.02 Å². The first-order valence-corrected chi connectivity index (χ1v) is 7.41. The summed E-state index contributed by atoms with van der Waals surface area (Å²) in [6.07, 6.45) is 4.31. The molecule has 1 unspecified atom stereocenters. The largest absolute Gasteiger partial charge is 0.372 e. The molecule has 0 radical (unpaired) electrons. The summed E-state index contributed by atoms with van der Waals surface area (Å²) in [6.45, 7) is 0. The molecule has 4 nitrogen and oxygen atoms in total. The summed E-state index contributed by atoms with van der Waals surface area (Å²) in [5.41, 5.74) is 0.702. The summed E-state index contributed by atoms with van der Waals surface area (Å²) in [5.74, 6) is -0.173. The summed E-state index contributed by atoms with van der Waals surface area (Å²) < 4.78 is 0. The number of para-hydroxylation sites is 1. The molecule has 20 heavy (non-hydrogen) atoms. The third-order valence-electron chi connectivity index (χ3n) is 4.08. The van der Waals surface area contributed by atoms with E-state index in [9.17, 15) is 9.59 Å². The van der Waals surface area contributed by atoms with Gasteiger partial charge < -0.3 is 5.32 Å². The average molecular weight is 293 g/mol. The highest BCUT2D eigenvalue weighted by atomic mass is 35.5. The summed E-state index contributed by atoms with van der Waals surface area (Å²) >= 11 is 6.08. The van der Waals surface area contributed by atoms with E-state index < -0.39 is 6.04 Å². The summed E-state index contributed by atoms with van der Waals surface area (Å²) in [6, 6.07) is 6.89. The molecule has 2 aliphatic rings. The van der Waals surface area contributed by atoms with Gasteiger partial charge >= 0.3 is 0 Å². The summed E-state index contributed by atoms with van der Waals surface area (Å²) in [5, 5.41) is 3.66. The number of imide groups is 1. The predicted octanol–water partition coefficient (Wildman–Crippen LogP) is 2.82. The number of hydrogen-bond acceptors (Lipinski definition) is 3. The number of nitrogens with zero attached hydrogens (tertiary/aromatic N) is 1. The first kappa shape index (κ1) is 13.4. The smallest absolute Gasteiger partial charge is 0.252 e. The Morgan fingerprint density at radius 2 is 1.85 bits per heavy atom. The lowest BCUT2D eigenvalue weighted by Crippen LogP contribution is -2.40. The molecule has 1 saturated heterocycles. The number of carbonyl (C=O) groups is 2. The molecular weight excluding hydrogens is 276 g/mol. The molecule has 2 amide bonds. The SMILES string of the molecule is O=C1CC(Nc2ccccc2Cl)C(=O)N1C1CCCC1. The Kier molecular flexibility index (Phi) is 3.66. The first-order valence-electron chi connectivity index (χ1n) is 7.04. The number of carbonyl (C=O) groups excluding carboxylic acids is 2. The van der Waals surface area contributed by atoms with Crippen molar-refractivity contribution in [3.8, 4) is 0 Å². The number of nitrogens with one attached hydrogen (secondary N) is 1. The number of anilines is 1. The number of rotatable bonds is 3. The zero-order valence-electron chi connectivity index (χ0n) is 11.1. The molecule has 1 heterocycles. The van der Waals surface area contributed by atoms with Gasteiger partial charge in [0.1, 0.15) is 6.04 Å². The second kappa shape index (κ2) is 5.44. The van der Waals surface area contributed by atoms with Crippen molar-refractivity contribution in [2.45, 2.75) is 44.2 Å². The fourth-order valence-corrected chi connectivity index (χ4v) is 3.27. The second-order valence-electron chi connectivity index (χ2n) is 5.42. The van der Waals surface area contributed by atoms with Gasteiger partial charge in [0.15, 0.2) is 0 Å². The van der Waals surface area contributed by atoms with Crippen LogP contribution in [0.25, 0.3) is 0 Å². The summed E-state index contributed by atoms with van der Waals surface area (Å²) in [4.78, 5) is 26.0. The van der Waals surface area contributed by atoms with Gasteiger partial charge in [0.05, 0.1) is 17.1 Å². The normalized spacial score (nSPS) is 23.6. The van der Waals surface area contributed by atoms with Crippen molar-refractivity contribution in [2.75, 3.05) is 5.32 Å². The van der Waals surface area contributed by atoms with Crippen LogP contribution in [0.5, 0.6) is 0 Å². The highest BCUT2D eigenvalue weighted by molar-refractivity contribution is 6.33. The standard InChI is InChI=1S/C15H17ClN2O2/c16-11-7-3-4-8-12(11)17-13-9-14(19)18(15(13)20)10-5-1-2-6-10/h3-4,7-8,10,13,17H,1-2,5-6,9H2. The van der Waals surface area contributed by atoms with Crippen LogP contribution in [0.15, 0.2) is 24.3 Å². The lowest BCUT2D eigenvalue weighted by atomic mass is 10.2. The number of amides is 2. The molecule has 1 N–H and O–H groups in total. The van der Waals surface area contributed by atoms with Crippen LogP contribution < -0.4 is 5.32 Å². The maximum atomic E-state index is 12.4. The van der Waals surface area contributed by atoms with Crippen LogP contribution in [0.1, 0.15) is 32.1 Å². The monoisotopic (exact) mass is 292 g/mol. The van der Waals surface area contributed by atoms with E-state index in [0.29, 0.717) is 10.7 Å². The highest BCUT2D eigenvalue weighted by Crippen LogP contribution is 2.30. The Labute approximate surface area is 123 Å². The highest BCUT2D eigenvalue weighted by Gasteiger charge is 2.43. The van der Waals surface area contributed by atoms with Crippen molar-refractivity contribution in [1.29, 1.82) is 0 Å². The van der Waals surface area contributed by atoms with Gasteiger partial charge in [0, 0.05) is 6.04 Å². The number of hydrogen-bond donors (Lipinski definition) is 1. The van der Waals surface area contributed by atoms with E-state index in [2.05, 4.69) is 5.32 Å². The zero-order chi connectivity index (χ0) is 14.1. The minimum Gasteiger partial charge on any atom is -0.372 e. The molecule has 2 fully saturated rings. The number of likely N-dealkylation sites (tertiary alicyclic amines) is 1. The van der Waals surface area contributed by atoms with Crippen LogP contribution in [-0.4, -0.2) is 28.8 Å². The Bertz CT molecular complexity index is 540. The zero-order valence-corrected chi connectivity index (χ0v) is 11.9. The van der Waals surface area contributed by atoms with Crippen LogP contribution >= 0.6 is 11.6 Å². The Balaban J connectivity index is 1.74. The molecule has 1 saturated carbocycles. The van der Waals surface area contributed by atoms with E-state index in [1.54, 1.807) is 6.07 Å². The van der Waals surface area contributed by atoms with Crippen molar-refractivity contribution >= 4 is 29.1 Å². The molecular formula is C15H17ClN2O2. The molecule has 1 aliphatic carbocycles. The van der Waals surface area contributed by atoms with Gasteiger partial charge in [-0.25, -0.2) is 0 Å². The predicted molar refractivity (Wildman–Crippen MR) is 77.6 cm³/mol.